The van der Waals surface area contributed by atoms with Crippen molar-refractivity contribution in [1.82, 2.24) is 9.97 Å². The summed E-state index contributed by atoms with van der Waals surface area (Å²) in [6, 6.07) is 7.76. The number of aryl methyl sites for hydroxylation is 1. The Kier molecular flexibility index (Phi) is 5.35. The van der Waals surface area contributed by atoms with Gasteiger partial charge in [-0.2, -0.15) is 0 Å². The van der Waals surface area contributed by atoms with Crippen molar-refractivity contribution in [1.29, 1.82) is 0 Å². The summed E-state index contributed by atoms with van der Waals surface area (Å²) in [5.74, 6) is 1.05. The zero-order valence-corrected chi connectivity index (χ0v) is 11.8. The van der Waals surface area contributed by atoms with Crippen molar-refractivity contribution in [3.63, 3.8) is 0 Å². The first-order chi connectivity index (χ1) is 9.79. The average Bonchev–Trinajstić information content (AvgIpc) is 2.98. The fourth-order valence-corrected chi connectivity index (χ4v) is 1.99. The molecule has 20 heavy (non-hydrogen) atoms. The number of rotatable bonds is 8. The van der Waals surface area contributed by atoms with Gasteiger partial charge in [-0.25, -0.2) is 4.98 Å². The Hall–Kier alpha value is -2.10. The number of Topliss-reactive ketones (excluding diaryl/α,β-unsaturated/α-hetero) is 1. The van der Waals surface area contributed by atoms with Crippen molar-refractivity contribution in [3.05, 3.63) is 48.0 Å². The van der Waals surface area contributed by atoms with Crippen LogP contribution in [-0.2, 0) is 17.6 Å². The van der Waals surface area contributed by atoms with Crippen molar-refractivity contribution in [2.75, 3.05) is 6.61 Å². The molecule has 1 heterocycles. The number of nitrogens with one attached hydrogen (secondary N) is 1. The van der Waals surface area contributed by atoms with Crippen LogP contribution in [0.1, 0.15) is 31.0 Å². The first-order valence-corrected chi connectivity index (χ1v) is 6.99. The molecule has 0 atom stereocenters. The number of benzene rings is 1. The Bertz CT molecular complexity index is 535. The highest BCUT2D eigenvalue weighted by Crippen LogP contribution is 2.19. The summed E-state index contributed by atoms with van der Waals surface area (Å²) in [6.07, 6.45) is 6.35. The molecule has 1 aromatic carbocycles. The summed E-state index contributed by atoms with van der Waals surface area (Å²) in [4.78, 5) is 18.6. The lowest BCUT2D eigenvalue weighted by molar-refractivity contribution is -0.118. The highest BCUT2D eigenvalue weighted by Gasteiger charge is 2.07. The minimum atomic E-state index is 0.235. The van der Waals surface area contributed by atoms with Crippen LogP contribution in [0.4, 0.5) is 0 Å². The summed E-state index contributed by atoms with van der Waals surface area (Å²) in [5.41, 5.74) is 2.09. The van der Waals surface area contributed by atoms with Crippen LogP contribution in [0.2, 0.25) is 0 Å². The molecule has 0 fully saturated rings. The second-order valence-electron chi connectivity index (χ2n) is 4.71. The molecule has 0 bridgehead atoms. The van der Waals surface area contributed by atoms with E-state index in [1.807, 2.05) is 37.4 Å². The zero-order chi connectivity index (χ0) is 14.2. The monoisotopic (exact) mass is 272 g/mol. The maximum Gasteiger partial charge on any atom is 0.137 e. The molecule has 0 aliphatic carbocycles. The van der Waals surface area contributed by atoms with Gasteiger partial charge < -0.3 is 9.72 Å². The largest absolute Gasteiger partial charge is 0.493 e. The maximum absolute atomic E-state index is 11.6. The van der Waals surface area contributed by atoms with Crippen LogP contribution in [0, 0.1) is 0 Å². The molecule has 0 saturated heterocycles. The number of hydrogen-bond donors (Lipinski definition) is 1. The molecule has 0 saturated carbocycles. The van der Waals surface area contributed by atoms with E-state index < -0.39 is 0 Å². The van der Waals surface area contributed by atoms with E-state index in [-0.39, 0.29) is 5.78 Å². The molecule has 0 radical (unpaired) electrons. The molecule has 0 unspecified atom stereocenters. The van der Waals surface area contributed by atoms with Crippen molar-refractivity contribution >= 4 is 5.78 Å². The molecular formula is C16H20N2O2. The number of H-pyrrole nitrogens is 1. The summed E-state index contributed by atoms with van der Waals surface area (Å²) in [7, 11) is 0. The number of nitrogens with zero attached hydrogens (tertiary/aromatic N) is 1. The van der Waals surface area contributed by atoms with Gasteiger partial charge in [0.15, 0.2) is 0 Å². The molecule has 2 aromatic rings. The molecule has 106 valence electrons. The van der Waals surface area contributed by atoms with Crippen LogP contribution in [0.3, 0.4) is 0 Å². The Labute approximate surface area is 119 Å². The van der Waals surface area contributed by atoms with Crippen molar-refractivity contribution in [3.8, 4) is 5.75 Å². The van der Waals surface area contributed by atoms with E-state index in [0.717, 1.165) is 29.8 Å². The smallest absolute Gasteiger partial charge is 0.137 e. The van der Waals surface area contributed by atoms with Crippen LogP contribution in [0.5, 0.6) is 5.75 Å². The highest BCUT2D eigenvalue weighted by atomic mass is 16.5. The number of imidazole rings is 1. The highest BCUT2D eigenvalue weighted by molar-refractivity contribution is 5.81. The summed E-state index contributed by atoms with van der Waals surface area (Å²) in [6.45, 7) is 2.52. The van der Waals surface area contributed by atoms with Gasteiger partial charge in [-0.15, -0.1) is 0 Å². The topological polar surface area (TPSA) is 55.0 Å². The zero-order valence-electron chi connectivity index (χ0n) is 11.8. The third kappa shape index (κ3) is 4.23. The van der Waals surface area contributed by atoms with E-state index in [2.05, 4.69) is 9.97 Å². The Morgan fingerprint density at radius 2 is 2.20 bits per heavy atom. The first-order valence-electron chi connectivity index (χ1n) is 6.99. The number of ether oxygens (including phenoxy) is 1. The lowest BCUT2D eigenvalue weighted by atomic mass is 10.1. The van der Waals surface area contributed by atoms with Crippen LogP contribution in [0.25, 0.3) is 0 Å². The molecule has 0 amide bonds. The van der Waals surface area contributed by atoms with E-state index in [0.29, 0.717) is 19.4 Å². The van der Waals surface area contributed by atoms with E-state index in [1.165, 1.54) is 0 Å². The van der Waals surface area contributed by atoms with Gasteiger partial charge in [-0.1, -0.05) is 25.1 Å². The predicted octanol–water partition coefficient (Wildman–Crippen LogP) is 2.94. The number of aromatic nitrogens is 2. The van der Waals surface area contributed by atoms with Crippen LogP contribution >= 0.6 is 0 Å². The minimum absolute atomic E-state index is 0.235. The summed E-state index contributed by atoms with van der Waals surface area (Å²) < 4.78 is 5.79. The Morgan fingerprint density at radius 3 is 2.95 bits per heavy atom. The number of aromatic amines is 1. The third-order valence-corrected chi connectivity index (χ3v) is 3.16. The molecular weight excluding hydrogens is 252 g/mol. The molecule has 1 N–H and O–H groups in total. The predicted molar refractivity (Wildman–Crippen MR) is 77.8 cm³/mol. The van der Waals surface area contributed by atoms with Gasteiger partial charge in [0.25, 0.3) is 0 Å². The molecule has 0 aliphatic heterocycles. The van der Waals surface area contributed by atoms with E-state index in [1.54, 1.807) is 6.33 Å². The number of ketones is 1. The number of para-hydroxylation sites is 1. The molecule has 2 rings (SSSR count). The normalized spacial score (nSPS) is 10.4. The Balaban J connectivity index is 1.84. The van der Waals surface area contributed by atoms with Crippen molar-refractivity contribution in [2.45, 2.75) is 32.6 Å². The fourth-order valence-electron chi connectivity index (χ4n) is 1.99. The number of hydrogen-bond acceptors (Lipinski definition) is 3. The van der Waals surface area contributed by atoms with Gasteiger partial charge in [-0.05, 0) is 18.9 Å². The third-order valence-electron chi connectivity index (χ3n) is 3.16. The fraction of sp³-hybridized carbons (Fsp3) is 0.375. The average molecular weight is 272 g/mol. The van der Waals surface area contributed by atoms with Gasteiger partial charge in [0, 0.05) is 30.3 Å². The van der Waals surface area contributed by atoms with Crippen molar-refractivity contribution < 1.29 is 9.53 Å². The lowest BCUT2D eigenvalue weighted by Gasteiger charge is -2.10. The quantitative estimate of drug-likeness (QED) is 0.752. The summed E-state index contributed by atoms with van der Waals surface area (Å²) >= 11 is 0. The van der Waals surface area contributed by atoms with E-state index >= 15 is 0 Å². The molecule has 1 aromatic heterocycles. The molecule has 4 nitrogen and oxygen atoms in total. The van der Waals surface area contributed by atoms with Crippen molar-refractivity contribution in [2.24, 2.45) is 0 Å². The van der Waals surface area contributed by atoms with E-state index in [9.17, 15) is 4.79 Å². The SMILES string of the molecule is CCC(=O)Cc1ccccc1OCCCc1cnc[nH]1. The van der Waals surface area contributed by atoms with Gasteiger partial charge in [0.1, 0.15) is 11.5 Å². The molecule has 4 heteroatoms. The van der Waals surface area contributed by atoms with Crippen LogP contribution < -0.4 is 4.74 Å². The lowest BCUT2D eigenvalue weighted by Crippen LogP contribution is -2.05. The van der Waals surface area contributed by atoms with Gasteiger partial charge in [-0.3, -0.25) is 4.79 Å². The molecule has 0 aliphatic rings. The van der Waals surface area contributed by atoms with Gasteiger partial charge >= 0.3 is 0 Å². The van der Waals surface area contributed by atoms with Gasteiger partial charge in [0.2, 0.25) is 0 Å². The standard InChI is InChI=1S/C16H20N2O2/c1-2-15(19)10-13-6-3-4-8-16(13)20-9-5-7-14-11-17-12-18-14/h3-4,6,8,11-12H,2,5,7,9-10H2,1H3,(H,17,18). The maximum atomic E-state index is 11.6. The number of carbonyl (C=O) groups is 1. The van der Waals surface area contributed by atoms with Crippen LogP contribution in [-0.4, -0.2) is 22.4 Å². The first kappa shape index (κ1) is 14.3. The second kappa shape index (κ2) is 7.48. The summed E-state index contributed by atoms with van der Waals surface area (Å²) in [5, 5.41) is 0. The van der Waals surface area contributed by atoms with Gasteiger partial charge in [0.05, 0.1) is 12.9 Å². The Morgan fingerprint density at radius 1 is 1.35 bits per heavy atom. The molecule has 0 spiro atoms. The minimum Gasteiger partial charge on any atom is -0.493 e. The van der Waals surface area contributed by atoms with Crippen LogP contribution in [0.15, 0.2) is 36.8 Å². The second-order valence-corrected chi connectivity index (χ2v) is 4.71. The number of carbonyl (C=O) groups excluding carboxylic acids is 1. The van der Waals surface area contributed by atoms with E-state index in [4.69, 9.17) is 4.74 Å².